The zero-order valence-corrected chi connectivity index (χ0v) is 10.8. The van der Waals surface area contributed by atoms with E-state index in [1.807, 2.05) is 7.05 Å². The molecule has 3 nitrogen and oxygen atoms in total. The Labute approximate surface area is 108 Å². The van der Waals surface area contributed by atoms with E-state index >= 15 is 0 Å². The number of benzene rings is 1. The van der Waals surface area contributed by atoms with E-state index in [0.717, 1.165) is 25.2 Å². The minimum Gasteiger partial charge on any atom is -0.387 e. The van der Waals surface area contributed by atoms with Crippen molar-refractivity contribution in [3.63, 3.8) is 0 Å². The first-order valence-corrected chi connectivity index (χ1v) is 6.54. The molecule has 1 saturated heterocycles. The molecule has 0 aromatic heterocycles. The Morgan fingerprint density at radius 3 is 2.44 bits per heavy atom. The smallest absolute Gasteiger partial charge is 0.123 e. The molecule has 0 aliphatic carbocycles. The van der Waals surface area contributed by atoms with Gasteiger partial charge in [-0.2, -0.15) is 0 Å². The summed E-state index contributed by atoms with van der Waals surface area (Å²) < 4.78 is 12.9. The second-order valence-corrected chi connectivity index (χ2v) is 4.90. The van der Waals surface area contributed by atoms with E-state index in [1.54, 1.807) is 12.1 Å². The van der Waals surface area contributed by atoms with Crippen LogP contribution in [0.4, 0.5) is 4.39 Å². The maximum Gasteiger partial charge on any atom is 0.123 e. The van der Waals surface area contributed by atoms with Crippen LogP contribution in [0, 0.1) is 5.82 Å². The van der Waals surface area contributed by atoms with Crippen molar-refractivity contribution in [1.82, 2.24) is 10.2 Å². The molecular formula is C14H21FN2O. The van der Waals surface area contributed by atoms with E-state index in [2.05, 4.69) is 10.2 Å². The number of halogens is 1. The van der Waals surface area contributed by atoms with Crippen LogP contribution in [0.5, 0.6) is 0 Å². The van der Waals surface area contributed by atoms with E-state index in [-0.39, 0.29) is 11.9 Å². The fraction of sp³-hybridized carbons (Fsp3) is 0.571. The van der Waals surface area contributed by atoms with Crippen LogP contribution in [-0.2, 0) is 0 Å². The summed E-state index contributed by atoms with van der Waals surface area (Å²) in [6, 6.07) is 6.05. The first-order valence-electron chi connectivity index (χ1n) is 6.54. The number of hydrogen-bond acceptors (Lipinski definition) is 3. The van der Waals surface area contributed by atoms with Crippen LogP contribution in [0.25, 0.3) is 0 Å². The molecule has 100 valence electrons. The highest BCUT2D eigenvalue weighted by Gasteiger charge is 2.23. The number of likely N-dealkylation sites (N-methyl/N-ethyl adjacent to an activating group) is 1. The lowest BCUT2D eigenvalue weighted by molar-refractivity contribution is 0.110. The van der Waals surface area contributed by atoms with Crippen LogP contribution in [0.1, 0.15) is 24.5 Å². The maximum atomic E-state index is 12.9. The summed E-state index contributed by atoms with van der Waals surface area (Å²) in [5.41, 5.74) is 0.759. The average Bonchev–Trinajstić information content (AvgIpc) is 2.89. The number of rotatable bonds is 5. The topological polar surface area (TPSA) is 35.5 Å². The molecule has 2 rings (SSSR count). The fourth-order valence-corrected chi connectivity index (χ4v) is 2.48. The molecule has 1 heterocycles. The summed E-state index contributed by atoms with van der Waals surface area (Å²) in [6.07, 6.45) is 1.88. The average molecular weight is 252 g/mol. The van der Waals surface area contributed by atoms with Crippen LogP contribution in [0.15, 0.2) is 24.3 Å². The quantitative estimate of drug-likeness (QED) is 0.834. The predicted molar refractivity (Wildman–Crippen MR) is 69.9 cm³/mol. The second-order valence-electron chi connectivity index (χ2n) is 4.90. The Morgan fingerprint density at radius 1 is 1.28 bits per heavy atom. The molecule has 1 aromatic rings. The van der Waals surface area contributed by atoms with Crippen molar-refractivity contribution in [3.8, 4) is 0 Å². The van der Waals surface area contributed by atoms with E-state index in [0.29, 0.717) is 0 Å². The Bertz CT molecular complexity index is 363. The molecule has 1 aliphatic rings. The first-order chi connectivity index (χ1) is 8.70. The molecule has 0 saturated carbocycles. The minimum atomic E-state index is -0.601. The minimum absolute atomic E-state index is 0.0199. The van der Waals surface area contributed by atoms with Crippen molar-refractivity contribution in [2.45, 2.75) is 25.0 Å². The highest BCUT2D eigenvalue weighted by Crippen LogP contribution is 2.19. The van der Waals surface area contributed by atoms with Gasteiger partial charge in [-0.05, 0) is 50.7 Å². The summed E-state index contributed by atoms with van der Waals surface area (Å²) >= 11 is 0. The molecule has 2 N–H and O–H groups in total. The van der Waals surface area contributed by atoms with Crippen LogP contribution in [0.3, 0.4) is 0 Å². The van der Waals surface area contributed by atoms with Gasteiger partial charge in [-0.15, -0.1) is 0 Å². The Morgan fingerprint density at radius 2 is 1.89 bits per heavy atom. The predicted octanol–water partition coefficient (Wildman–Crippen LogP) is 1.54. The van der Waals surface area contributed by atoms with E-state index in [9.17, 15) is 9.50 Å². The summed E-state index contributed by atoms with van der Waals surface area (Å²) in [6.45, 7) is 3.04. The van der Waals surface area contributed by atoms with Crippen molar-refractivity contribution in [2.24, 2.45) is 0 Å². The molecule has 1 fully saturated rings. The molecule has 2 unspecified atom stereocenters. The highest BCUT2D eigenvalue weighted by atomic mass is 19.1. The van der Waals surface area contributed by atoms with Gasteiger partial charge in [0.1, 0.15) is 5.82 Å². The number of likely N-dealkylation sites (tertiary alicyclic amines) is 1. The molecule has 1 aromatic carbocycles. The molecular weight excluding hydrogens is 231 g/mol. The third-order valence-corrected chi connectivity index (χ3v) is 3.62. The number of aliphatic hydroxyl groups excluding tert-OH is 1. The van der Waals surface area contributed by atoms with Gasteiger partial charge in [-0.3, -0.25) is 0 Å². The third-order valence-electron chi connectivity index (χ3n) is 3.62. The molecule has 0 bridgehead atoms. The Hall–Kier alpha value is -0.970. The second kappa shape index (κ2) is 6.27. The monoisotopic (exact) mass is 252 g/mol. The van der Waals surface area contributed by atoms with Gasteiger partial charge in [0.2, 0.25) is 0 Å². The number of nitrogens with zero attached hydrogens (tertiary/aromatic N) is 1. The Balaban J connectivity index is 1.99. The lowest BCUT2D eigenvalue weighted by atomic mass is 10.0. The largest absolute Gasteiger partial charge is 0.387 e. The SMILES string of the molecule is CNC(CN1CCCC1)C(O)c1ccc(F)cc1. The summed E-state index contributed by atoms with van der Waals surface area (Å²) in [5.74, 6) is -0.272. The van der Waals surface area contributed by atoms with E-state index in [1.165, 1.54) is 25.0 Å². The zero-order valence-electron chi connectivity index (χ0n) is 10.8. The van der Waals surface area contributed by atoms with Crippen LogP contribution < -0.4 is 5.32 Å². The fourth-order valence-electron chi connectivity index (χ4n) is 2.48. The van der Waals surface area contributed by atoms with Gasteiger partial charge in [0.15, 0.2) is 0 Å². The van der Waals surface area contributed by atoms with E-state index in [4.69, 9.17) is 0 Å². The molecule has 2 atom stereocenters. The normalized spacial score (nSPS) is 19.9. The summed E-state index contributed by atoms with van der Waals surface area (Å²) in [5, 5.41) is 13.5. The molecule has 4 heteroatoms. The highest BCUT2D eigenvalue weighted by molar-refractivity contribution is 5.20. The van der Waals surface area contributed by atoms with Gasteiger partial charge in [0.25, 0.3) is 0 Å². The number of hydrogen-bond donors (Lipinski definition) is 2. The lowest BCUT2D eigenvalue weighted by Gasteiger charge is -2.27. The maximum absolute atomic E-state index is 12.9. The van der Waals surface area contributed by atoms with Crippen LogP contribution in [-0.4, -0.2) is 42.7 Å². The van der Waals surface area contributed by atoms with Crippen molar-refractivity contribution in [3.05, 3.63) is 35.6 Å². The molecule has 0 amide bonds. The third kappa shape index (κ3) is 3.28. The van der Waals surface area contributed by atoms with Gasteiger partial charge in [0, 0.05) is 12.6 Å². The van der Waals surface area contributed by atoms with Gasteiger partial charge >= 0.3 is 0 Å². The number of aliphatic hydroxyl groups is 1. The Kier molecular flexibility index (Phi) is 4.69. The number of nitrogens with one attached hydrogen (secondary N) is 1. The molecule has 0 radical (unpaired) electrons. The van der Waals surface area contributed by atoms with Crippen LogP contribution in [0.2, 0.25) is 0 Å². The van der Waals surface area contributed by atoms with E-state index < -0.39 is 6.10 Å². The van der Waals surface area contributed by atoms with Gasteiger partial charge in [0.05, 0.1) is 6.10 Å². The van der Waals surface area contributed by atoms with Crippen molar-refractivity contribution in [1.29, 1.82) is 0 Å². The standard InChI is InChI=1S/C14H21FN2O/c1-16-13(10-17-8-2-3-9-17)14(18)11-4-6-12(15)7-5-11/h4-7,13-14,16,18H,2-3,8-10H2,1H3. The molecule has 18 heavy (non-hydrogen) atoms. The first kappa shape index (κ1) is 13.5. The summed E-state index contributed by atoms with van der Waals surface area (Å²) in [4.78, 5) is 2.36. The molecule has 0 spiro atoms. The van der Waals surface area contributed by atoms with Gasteiger partial charge in [-0.1, -0.05) is 12.1 Å². The zero-order chi connectivity index (χ0) is 13.0. The van der Waals surface area contributed by atoms with Crippen molar-refractivity contribution >= 4 is 0 Å². The molecule has 1 aliphatic heterocycles. The van der Waals surface area contributed by atoms with Gasteiger partial charge in [-0.25, -0.2) is 4.39 Å². The van der Waals surface area contributed by atoms with Crippen molar-refractivity contribution in [2.75, 3.05) is 26.7 Å². The van der Waals surface area contributed by atoms with Crippen molar-refractivity contribution < 1.29 is 9.50 Å². The van der Waals surface area contributed by atoms with Gasteiger partial charge < -0.3 is 15.3 Å². The lowest BCUT2D eigenvalue weighted by Crippen LogP contribution is -2.42. The summed E-state index contributed by atoms with van der Waals surface area (Å²) in [7, 11) is 1.85. The van der Waals surface area contributed by atoms with Crippen LogP contribution >= 0.6 is 0 Å².